The van der Waals surface area contributed by atoms with Gasteiger partial charge in [-0.05, 0) is 42.2 Å². The molecule has 1 aliphatic carbocycles. The summed E-state index contributed by atoms with van der Waals surface area (Å²) >= 11 is 0. The van der Waals surface area contributed by atoms with Crippen molar-refractivity contribution in [2.75, 3.05) is 0 Å². The molecule has 2 N–H and O–H groups in total. The number of aromatic hydroxyl groups is 1. The Morgan fingerprint density at radius 2 is 2.17 bits per heavy atom. The number of phenolic OH excluding ortho intramolecular Hbond substituents is 1. The lowest BCUT2D eigenvalue weighted by atomic mass is 10.1. The van der Waals surface area contributed by atoms with Gasteiger partial charge in [0.1, 0.15) is 5.75 Å². The zero-order chi connectivity index (χ0) is 12.4. The molecule has 1 aliphatic rings. The Balaban J connectivity index is 1.72. The first-order chi connectivity index (χ1) is 8.84. The minimum Gasteiger partial charge on any atom is -0.508 e. The average Bonchev–Trinajstić information content (AvgIpc) is 2.82. The lowest BCUT2D eigenvalue weighted by Crippen LogP contribution is -2.19. The molecule has 3 heteroatoms. The molecular formula is C15H16N2O. The molecule has 0 spiro atoms. The van der Waals surface area contributed by atoms with E-state index in [1.165, 1.54) is 5.56 Å². The molecule has 18 heavy (non-hydrogen) atoms. The molecule has 0 radical (unpaired) electrons. The number of phenols is 1. The molecule has 0 aliphatic heterocycles. The van der Waals surface area contributed by atoms with Crippen LogP contribution in [0.2, 0.25) is 0 Å². The van der Waals surface area contributed by atoms with Crippen LogP contribution in [0.3, 0.4) is 0 Å². The fourth-order valence-corrected chi connectivity index (χ4v) is 2.58. The third-order valence-corrected chi connectivity index (χ3v) is 3.50. The van der Waals surface area contributed by atoms with Crippen LogP contribution >= 0.6 is 0 Å². The SMILES string of the molecule is Oc1cccc2c1CCC2NCc1ccccn1. The van der Waals surface area contributed by atoms with E-state index in [9.17, 15) is 5.11 Å². The van der Waals surface area contributed by atoms with E-state index in [4.69, 9.17) is 0 Å². The van der Waals surface area contributed by atoms with Gasteiger partial charge in [0.15, 0.2) is 0 Å². The maximum atomic E-state index is 9.79. The first-order valence-electron chi connectivity index (χ1n) is 6.28. The highest BCUT2D eigenvalue weighted by Gasteiger charge is 2.23. The zero-order valence-electron chi connectivity index (χ0n) is 10.1. The molecule has 1 aromatic heterocycles. The number of pyridine rings is 1. The quantitative estimate of drug-likeness (QED) is 0.866. The smallest absolute Gasteiger partial charge is 0.119 e. The van der Waals surface area contributed by atoms with Crippen molar-refractivity contribution in [1.82, 2.24) is 10.3 Å². The second-order valence-electron chi connectivity index (χ2n) is 4.64. The topological polar surface area (TPSA) is 45.1 Å². The molecule has 3 nitrogen and oxygen atoms in total. The molecule has 0 saturated heterocycles. The average molecular weight is 240 g/mol. The monoisotopic (exact) mass is 240 g/mol. The van der Waals surface area contributed by atoms with Gasteiger partial charge in [-0.15, -0.1) is 0 Å². The lowest BCUT2D eigenvalue weighted by molar-refractivity contribution is 0.469. The number of fused-ring (bicyclic) bond motifs is 1. The van der Waals surface area contributed by atoms with E-state index in [-0.39, 0.29) is 0 Å². The third-order valence-electron chi connectivity index (χ3n) is 3.50. The summed E-state index contributed by atoms with van der Waals surface area (Å²) < 4.78 is 0. The summed E-state index contributed by atoms with van der Waals surface area (Å²) in [7, 11) is 0. The summed E-state index contributed by atoms with van der Waals surface area (Å²) in [4.78, 5) is 4.30. The van der Waals surface area contributed by atoms with Gasteiger partial charge in [-0.25, -0.2) is 0 Å². The predicted molar refractivity (Wildman–Crippen MR) is 70.2 cm³/mol. The van der Waals surface area contributed by atoms with E-state index >= 15 is 0 Å². The van der Waals surface area contributed by atoms with E-state index < -0.39 is 0 Å². The normalized spacial score (nSPS) is 17.7. The fourth-order valence-electron chi connectivity index (χ4n) is 2.58. The van der Waals surface area contributed by atoms with Crippen LogP contribution in [0.1, 0.15) is 29.3 Å². The van der Waals surface area contributed by atoms with Crippen LogP contribution in [0.4, 0.5) is 0 Å². The van der Waals surface area contributed by atoms with Crippen molar-refractivity contribution in [2.45, 2.75) is 25.4 Å². The summed E-state index contributed by atoms with van der Waals surface area (Å²) in [5.41, 5.74) is 3.37. The van der Waals surface area contributed by atoms with Crippen molar-refractivity contribution in [3.05, 3.63) is 59.4 Å². The Hall–Kier alpha value is -1.87. The highest BCUT2D eigenvalue weighted by atomic mass is 16.3. The van der Waals surface area contributed by atoms with E-state index in [0.717, 1.165) is 30.6 Å². The first kappa shape index (κ1) is 11.2. The van der Waals surface area contributed by atoms with Crippen LogP contribution in [0, 0.1) is 0 Å². The van der Waals surface area contributed by atoms with Crippen molar-refractivity contribution >= 4 is 0 Å². The van der Waals surface area contributed by atoms with Crippen LogP contribution < -0.4 is 5.32 Å². The summed E-state index contributed by atoms with van der Waals surface area (Å²) in [6.07, 6.45) is 3.80. The Kier molecular flexibility index (Phi) is 2.99. The number of hydrogen-bond acceptors (Lipinski definition) is 3. The van der Waals surface area contributed by atoms with E-state index in [1.54, 1.807) is 6.07 Å². The van der Waals surface area contributed by atoms with Crippen molar-refractivity contribution in [1.29, 1.82) is 0 Å². The number of aromatic nitrogens is 1. The molecule has 0 saturated carbocycles. The van der Waals surface area contributed by atoms with Crippen LogP contribution in [0.5, 0.6) is 5.75 Å². The largest absolute Gasteiger partial charge is 0.508 e. The molecule has 0 amide bonds. The predicted octanol–water partition coefficient (Wildman–Crippen LogP) is 2.56. The van der Waals surface area contributed by atoms with Gasteiger partial charge >= 0.3 is 0 Å². The molecule has 1 unspecified atom stereocenters. The zero-order valence-corrected chi connectivity index (χ0v) is 10.1. The van der Waals surface area contributed by atoms with Gasteiger partial charge in [0.2, 0.25) is 0 Å². The lowest BCUT2D eigenvalue weighted by Gasteiger charge is -2.13. The standard InChI is InChI=1S/C15H16N2O/c18-15-6-3-5-12-13(15)7-8-14(12)17-10-11-4-1-2-9-16-11/h1-6,9,14,17-18H,7-8,10H2. The van der Waals surface area contributed by atoms with Crippen molar-refractivity contribution in [3.63, 3.8) is 0 Å². The molecule has 0 bridgehead atoms. The number of nitrogens with zero attached hydrogens (tertiary/aromatic N) is 1. The minimum absolute atomic E-state index is 0.328. The van der Waals surface area contributed by atoms with Crippen molar-refractivity contribution < 1.29 is 5.11 Å². The Bertz CT molecular complexity index is 539. The molecule has 1 aromatic carbocycles. The maximum Gasteiger partial charge on any atom is 0.119 e. The van der Waals surface area contributed by atoms with E-state index in [1.807, 2.05) is 30.5 Å². The Morgan fingerprint density at radius 1 is 1.22 bits per heavy atom. The van der Waals surface area contributed by atoms with Gasteiger partial charge < -0.3 is 10.4 Å². The number of nitrogens with one attached hydrogen (secondary N) is 1. The molecule has 1 heterocycles. The molecular weight excluding hydrogens is 224 g/mol. The molecule has 0 fully saturated rings. The van der Waals surface area contributed by atoms with Crippen molar-refractivity contribution in [3.8, 4) is 5.75 Å². The van der Waals surface area contributed by atoms with Crippen LogP contribution in [0.25, 0.3) is 0 Å². The number of hydrogen-bond donors (Lipinski definition) is 2. The fraction of sp³-hybridized carbons (Fsp3) is 0.267. The molecule has 92 valence electrons. The Morgan fingerprint density at radius 3 is 3.00 bits per heavy atom. The minimum atomic E-state index is 0.328. The van der Waals surface area contributed by atoms with Crippen molar-refractivity contribution in [2.24, 2.45) is 0 Å². The van der Waals surface area contributed by atoms with Gasteiger partial charge in [0.25, 0.3) is 0 Å². The summed E-state index contributed by atoms with van der Waals surface area (Å²) in [5, 5.41) is 13.3. The van der Waals surface area contributed by atoms with E-state index in [2.05, 4.69) is 16.4 Å². The molecule has 3 rings (SSSR count). The van der Waals surface area contributed by atoms with Gasteiger partial charge in [-0.2, -0.15) is 0 Å². The molecule has 1 atom stereocenters. The van der Waals surface area contributed by atoms with Crippen LogP contribution in [-0.4, -0.2) is 10.1 Å². The third kappa shape index (κ3) is 2.09. The van der Waals surface area contributed by atoms with Crippen LogP contribution in [-0.2, 0) is 13.0 Å². The van der Waals surface area contributed by atoms with E-state index in [0.29, 0.717) is 11.8 Å². The Labute approximate surface area is 107 Å². The highest BCUT2D eigenvalue weighted by Crippen LogP contribution is 2.36. The summed E-state index contributed by atoms with van der Waals surface area (Å²) in [5.74, 6) is 0.426. The van der Waals surface area contributed by atoms with Gasteiger partial charge in [-0.1, -0.05) is 18.2 Å². The van der Waals surface area contributed by atoms with Gasteiger partial charge in [-0.3, -0.25) is 4.98 Å². The van der Waals surface area contributed by atoms with Crippen LogP contribution in [0.15, 0.2) is 42.6 Å². The molecule has 2 aromatic rings. The number of rotatable bonds is 3. The maximum absolute atomic E-state index is 9.79. The second kappa shape index (κ2) is 4.78. The summed E-state index contributed by atoms with van der Waals surface area (Å²) in [6, 6.07) is 12.0. The first-order valence-corrected chi connectivity index (χ1v) is 6.28. The van der Waals surface area contributed by atoms with Gasteiger partial charge in [0, 0.05) is 18.8 Å². The highest BCUT2D eigenvalue weighted by molar-refractivity contribution is 5.44. The second-order valence-corrected chi connectivity index (χ2v) is 4.64. The summed E-state index contributed by atoms with van der Waals surface area (Å²) in [6.45, 7) is 0.764. The number of benzene rings is 1. The van der Waals surface area contributed by atoms with Gasteiger partial charge in [0.05, 0.1) is 5.69 Å².